The van der Waals surface area contributed by atoms with Crippen molar-refractivity contribution in [3.63, 3.8) is 0 Å². The van der Waals surface area contributed by atoms with Gasteiger partial charge in [0.15, 0.2) is 0 Å². The molecule has 1 aromatic rings. The smallest absolute Gasteiger partial charge is 0.234 e. The van der Waals surface area contributed by atoms with Crippen molar-refractivity contribution in [3.05, 3.63) is 35.4 Å². The Bertz CT molecular complexity index is 451. The molecule has 1 aliphatic rings. The lowest BCUT2D eigenvalue weighted by Crippen LogP contribution is -2.47. The lowest BCUT2D eigenvalue weighted by atomic mass is 10.1. The van der Waals surface area contributed by atoms with Crippen LogP contribution in [0, 0.1) is 11.6 Å². The SMILES string of the molecule is Cl.Cl.O=C(CN1CCNCC1)NCCc1c(F)cccc1F. The van der Waals surface area contributed by atoms with E-state index in [4.69, 9.17) is 0 Å². The first kappa shape index (κ1) is 21.0. The Labute approximate surface area is 141 Å². The Hall–Kier alpha value is -0.950. The van der Waals surface area contributed by atoms with Crippen LogP contribution < -0.4 is 10.6 Å². The molecule has 0 atom stereocenters. The van der Waals surface area contributed by atoms with E-state index >= 15 is 0 Å². The van der Waals surface area contributed by atoms with Crippen LogP contribution >= 0.6 is 24.8 Å². The number of rotatable bonds is 5. The van der Waals surface area contributed by atoms with Gasteiger partial charge in [-0.25, -0.2) is 8.78 Å². The maximum absolute atomic E-state index is 13.4. The molecule has 126 valence electrons. The highest BCUT2D eigenvalue weighted by Gasteiger charge is 2.13. The van der Waals surface area contributed by atoms with Crippen LogP contribution in [-0.2, 0) is 11.2 Å². The third-order valence-corrected chi connectivity index (χ3v) is 3.34. The van der Waals surface area contributed by atoms with Crippen molar-refractivity contribution >= 4 is 30.7 Å². The summed E-state index contributed by atoms with van der Waals surface area (Å²) in [6, 6.07) is 3.78. The molecule has 0 radical (unpaired) electrons. The van der Waals surface area contributed by atoms with Crippen molar-refractivity contribution in [1.82, 2.24) is 15.5 Å². The molecule has 1 aliphatic heterocycles. The first-order valence-electron chi connectivity index (χ1n) is 6.79. The van der Waals surface area contributed by atoms with E-state index in [1.807, 2.05) is 0 Å². The van der Waals surface area contributed by atoms with Crippen LogP contribution in [-0.4, -0.2) is 50.1 Å². The van der Waals surface area contributed by atoms with Gasteiger partial charge in [-0.15, -0.1) is 24.8 Å². The van der Waals surface area contributed by atoms with Gasteiger partial charge in [0.25, 0.3) is 0 Å². The number of nitrogens with one attached hydrogen (secondary N) is 2. The number of carbonyl (C=O) groups is 1. The molecule has 0 spiro atoms. The highest BCUT2D eigenvalue weighted by molar-refractivity contribution is 5.85. The van der Waals surface area contributed by atoms with Crippen LogP contribution in [0.1, 0.15) is 5.56 Å². The number of piperazine rings is 1. The molecule has 1 amide bonds. The van der Waals surface area contributed by atoms with Crippen LogP contribution in [0.15, 0.2) is 18.2 Å². The number of halogens is 4. The minimum absolute atomic E-state index is 0. The van der Waals surface area contributed by atoms with Crippen LogP contribution in [0.2, 0.25) is 0 Å². The third-order valence-electron chi connectivity index (χ3n) is 3.34. The van der Waals surface area contributed by atoms with Gasteiger partial charge in [0.05, 0.1) is 6.54 Å². The monoisotopic (exact) mass is 355 g/mol. The van der Waals surface area contributed by atoms with Gasteiger partial charge in [-0.2, -0.15) is 0 Å². The number of carbonyl (C=O) groups excluding carboxylic acids is 1. The number of hydrogen-bond donors (Lipinski definition) is 2. The molecule has 0 aliphatic carbocycles. The second kappa shape index (κ2) is 10.7. The summed E-state index contributed by atoms with van der Waals surface area (Å²) in [6.07, 6.45) is 0.159. The van der Waals surface area contributed by atoms with Crippen LogP contribution in [0.25, 0.3) is 0 Å². The first-order valence-corrected chi connectivity index (χ1v) is 6.79. The van der Waals surface area contributed by atoms with Crippen molar-refractivity contribution in [2.75, 3.05) is 39.3 Å². The standard InChI is InChI=1S/C14H19F2N3O.2ClH/c15-12-2-1-3-13(16)11(12)4-5-18-14(20)10-19-8-6-17-7-9-19;;/h1-3,17H,4-10H2,(H,18,20);2*1H. The molecule has 2 N–H and O–H groups in total. The van der Waals surface area contributed by atoms with Gasteiger partial charge in [-0.05, 0) is 18.6 Å². The van der Waals surface area contributed by atoms with Crippen molar-refractivity contribution in [2.45, 2.75) is 6.42 Å². The molecule has 22 heavy (non-hydrogen) atoms. The van der Waals surface area contributed by atoms with Crippen molar-refractivity contribution in [2.24, 2.45) is 0 Å². The van der Waals surface area contributed by atoms with E-state index < -0.39 is 11.6 Å². The van der Waals surface area contributed by atoms with E-state index in [-0.39, 0.29) is 49.3 Å². The molecule has 2 rings (SSSR count). The predicted molar refractivity (Wildman–Crippen MR) is 86.9 cm³/mol. The minimum Gasteiger partial charge on any atom is -0.355 e. The fraction of sp³-hybridized carbons (Fsp3) is 0.500. The molecule has 0 unspecified atom stereocenters. The summed E-state index contributed by atoms with van der Waals surface area (Å²) in [4.78, 5) is 13.8. The highest BCUT2D eigenvalue weighted by Crippen LogP contribution is 2.11. The van der Waals surface area contributed by atoms with Gasteiger partial charge in [0.2, 0.25) is 5.91 Å². The minimum atomic E-state index is -0.568. The van der Waals surface area contributed by atoms with Crippen molar-refractivity contribution < 1.29 is 13.6 Å². The average molecular weight is 356 g/mol. The molecule has 8 heteroatoms. The predicted octanol–water partition coefficient (Wildman–Crippen LogP) is 1.37. The van der Waals surface area contributed by atoms with Gasteiger partial charge in [-0.1, -0.05) is 6.07 Å². The van der Waals surface area contributed by atoms with Crippen LogP contribution in [0.5, 0.6) is 0 Å². The third kappa shape index (κ3) is 6.44. The van der Waals surface area contributed by atoms with E-state index in [0.29, 0.717) is 6.54 Å². The highest BCUT2D eigenvalue weighted by atomic mass is 35.5. The molecule has 1 saturated heterocycles. The van der Waals surface area contributed by atoms with E-state index in [2.05, 4.69) is 15.5 Å². The van der Waals surface area contributed by atoms with E-state index in [1.165, 1.54) is 18.2 Å². The molecule has 0 bridgehead atoms. The Morgan fingerprint density at radius 2 is 1.77 bits per heavy atom. The second-order valence-corrected chi connectivity index (χ2v) is 4.83. The molecule has 1 fully saturated rings. The van der Waals surface area contributed by atoms with Gasteiger partial charge in [-0.3, -0.25) is 9.69 Å². The summed E-state index contributed by atoms with van der Waals surface area (Å²) in [7, 11) is 0. The average Bonchev–Trinajstić information content (AvgIpc) is 2.43. The molecular formula is C14H21Cl2F2N3O. The number of hydrogen-bond acceptors (Lipinski definition) is 3. The number of benzene rings is 1. The van der Waals surface area contributed by atoms with Crippen molar-refractivity contribution in [1.29, 1.82) is 0 Å². The van der Waals surface area contributed by atoms with E-state index in [0.717, 1.165) is 26.2 Å². The maximum Gasteiger partial charge on any atom is 0.234 e. The molecule has 4 nitrogen and oxygen atoms in total. The molecular weight excluding hydrogens is 335 g/mol. The zero-order valence-corrected chi connectivity index (χ0v) is 13.7. The summed E-state index contributed by atoms with van der Waals surface area (Å²) >= 11 is 0. The van der Waals surface area contributed by atoms with Crippen LogP contribution in [0.4, 0.5) is 8.78 Å². The largest absolute Gasteiger partial charge is 0.355 e. The summed E-state index contributed by atoms with van der Waals surface area (Å²) in [5, 5.41) is 5.91. The number of amides is 1. The molecule has 1 heterocycles. The van der Waals surface area contributed by atoms with Gasteiger partial charge in [0, 0.05) is 38.3 Å². The fourth-order valence-corrected chi connectivity index (χ4v) is 2.23. The van der Waals surface area contributed by atoms with E-state index in [9.17, 15) is 13.6 Å². The fourth-order valence-electron chi connectivity index (χ4n) is 2.23. The second-order valence-electron chi connectivity index (χ2n) is 4.83. The molecule has 1 aromatic carbocycles. The number of nitrogens with zero attached hydrogens (tertiary/aromatic N) is 1. The van der Waals surface area contributed by atoms with Gasteiger partial charge < -0.3 is 10.6 Å². The van der Waals surface area contributed by atoms with Gasteiger partial charge >= 0.3 is 0 Å². The summed E-state index contributed by atoms with van der Waals surface area (Å²) in [5.74, 6) is -1.24. The van der Waals surface area contributed by atoms with E-state index in [1.54, 1.807) is 0 Å². The van der Waals surface area contributed by atoms with Crippen LogP contribution in [0.3, 0.4) is 0 Å². The maximum atomic E-state index is 13.4. The Morgan fingerprint density at radius 3 is 2.36 bits per heavy atom. The summed E-state index contributed by atoms with van der Waals surface area (Å²) in [5.41, 5.74) is 0.0231. The quantitative estimate of drug-likeness (QED) is 0.838. The Morgan fingerprint density at radius 1 is 1.18 bits per heavy atom. The Kier molecular flexibility index (Phi) is 10.3. The van der Waals surface area contributed by atoms with Crippen molar-refractivity contribution in [3.8, 4) is 0 Å². The summed E-state index contributed by atoms with van der Waals surface area (Å²) in [6.45, 7) is 4.02. The zero-order valence-electron chi connectivity index (χ0n) is 12.1. The zero-order chi connectivity index (χ0) is 14.4. The normalized spacial score (nSPS) is 14.6. The van der Waals surface area contributed by atoms with Gasteiger partial charge in [0.1, 0.15) is 11.6 Å². The lowest BCUT2D eigenvalue weighted by Gasteiger charge is -2.26. The lowest BCUT2D eigenvalue weighted by molar-refractivity contribution is -0.122. The first-order chi connectivity index (χ1) is 9.66. The topological polar surface area (TPSA) is 44.4 Å². The molecule has 0 saturated carbocycles. The summed E-state index contributed by atoms with van der Waals surface area (Å²) < 4.78 is 26.8. The molecule has 0 aromatic heterocycles. The Balaban J connectivity index is 0.00000220.